The highest BCUT2D eigenvalue weighted by atomic mass is 16.2. The SMILES string of the molecule is CCCn1cccc1C(=O)N(CC1CCNCC1)C(C)C. The molecular formula is C17H29N3O. The highest BCUT2D eigenvalue weighted by Crippen LogP contribution is 2.18. The number of carbonyl (C=O) groups is 1. The van der Waals surface area contributed by atoms with Gasteiger partial charge in [-0.25, -0.2) is 0 Å². The zero-order valence-electron chi connectivity index (χ0n) is 13.6. The Labute approximate surface area is 128 Å². The van der Waals surface area contributed by atoms with Gasteiger partial charge in [0.1, 0.15) is 5.69 Å². The molecule has 1 saturated heterocycles. The van der Waals surface area contributed by atoms with Crippen molar-refractivity contribution in [1.82, 2.24) is 14.8 Å². The molecule has 1 aromatic rings. The summed E-state index contributed by atoms with van der Waals surface area (Å²) in [4.78, 5) is 15.0. The molecule has 2 heterocycles. The fourth-order valence-electron chi connectivity index (χ4n) is 3.06. The smallest absolute Gasteiger partial charge is 0.270 e. The lowest BCUT2D eigenvalue weighted by Crippen LogP contribution is -2.43. The van der Waals surface area contributed by atoms with Crippen molar-refractivity contribution in [2.45, 2.75) is 52.6 Å². The van der Waals surface area contributed by atoms with Crippen LogP contribution in [-0.4, -0.2) is 41.1 Å². The summed E-state index contributed by atoms with van der Waals surface area (Å²) in [7, 11) is 0. The summed E-state index contributed by atoms with van der Waals surface area (Å²) in [5.41, 5.74) is 0.833. The number of hydrogen-bond donors (Lipinski definition) is 1. The molecule has 0 bridgehead atoms. The second kappa shape index (κ2) is 7.64. The first-order valence-corrected chi connectivity index (χ1v) is 8.30. The Balaban J connectivity index is 2.09. The molecule has 118 valence electrons. The Kier molecular flexibility index (Phi) is 5.85. The van der Waals surface area contributed by atoms with E-state index in [1.807, 2.05) is 18.3 Å². The molecule has 0 saturated carbocycles. The Bertz CT molecular complexity index is 447. The minimum atomic E-state index is 0.182. The van der Waals surface area contributed by atoms with Crippen molar-refractivity contribution < 1.29 is 4.79 Å². The molecule has 4 nitrogen and oxygen atoms in total. The maximum absolute atomic E-state index is 12.9. The third-order valence-electron chi connectivity index (χ3n) is 4.31. The molecule has 1 N–H and O–H groups in total. The van der Waals surface area contributed by atoms with Gasteiger partial charge in [-0.1, -0.05) is 6.92 Å². The topological polar surface area (TPSA) is 37.3 Å². The van der Waals surface area contributed by atoms with Crippen molar-refractivity contribution in [3.8, 4) is 0 Å². The molecule has 2 rings (SSSR count). The van der Waals surface area contributed by atoms with Gasteiger partial charge in [0.25, 0.3) is 5.91 Å². The fourth-order valence-corrected chi connectivity index (χ4v) is 3.06. The molecule has 1 fully saturated rings. The Hall–Kier alpha value is -1.29. The summed E-state index contributed by atoms with van der Waals surface area (Å²) >= 11 is 0. The van der Waals surface area contributed by atoms with E-state index in [4.69, 9.17) is 0 Å². The van der Waals surface area contributed by atoms with Crippen LogP contribution in [0.3, 0.4) is 0 Å². The van der Waals surface area contributed by atoms with E-state index in [9.17, 15) is 4.79 Å². The first-order valence-electron chi connectivity index (χ1n) is 8.30. The monoisotopic (exact) mass is 291 g/mol. The third-order valence-corrected chi connectivity index (χ3v) is 4.31. The number of rotatable bonds is 6. The normalized spacial score (nSPS) is 16.4. The van der Waals surface area contributed by atoms with Gasteiger partial charge >= 0.3 is 0 Å². The van der Waals surface area contributed by atoms with Crippen LogP contribution in [-0.2, 0) is 6.54 Å². The average Bonchev–Trinajstić information content (AvgIpc) is 2.93. The van der Waals surface area contributed by atoms with Crippen molar-refractivity contribution in [2.75, 3.05) is 19.6 Å². The van der Waals surface area contributed by atoms with E-state index in [2.05, 4.69) is 35.6 Å². The van der Waals surface area contributed by atoms with Gasteiger partial charge in [0.05, 0.1) is 0 Å². The summed E-state index contributed by atoms with van der Waals surface area (Å²) in [5, 5.41) is 3.39. The Morgan fingerprint density at radius 1 is 1.43 bits per heavy atom. The lowest BCUT2D eigenvalue weighted by Gasteiger charge is -2.33. The molecular weight excluding hydrogens is 262 g/mol. The number of aryl methyl sites for hydroxylation is 1. The minimum absolute atomic E-state index is 0.182. The number of piperidine rings is 1. The summed E-state index contributed by atoms with van der Waals surface area (Å²) in [6.45, 7) is 10.3. The van der Waals surface area contributed by atoms with Crippen LogP contribution in [0.1, 0.15) is 50.5 Å². The number of carbonyl (C=O) groups excluding carboxylic acids is 1. The molecule has 0 unspecified atom stereocenters. The van der Waals surface area contributed by atoms with E-state index in [1.165, 1.54) is 12.8 Å². The third kappa shape index (κ3) is 4.10. The number of nitrogens with zero attached hydrogens (tertiary/aromatic N) is 2. The van der Waals surface area contributed by atoms with Crippen LogP contribution in [0.25, 0.3) is 0 Å². The van der Waals surface area contributed by atoms with Crippen molar-refractivity contribution in [3.63, 3.8) is 0 Å². The largest absolute Gasteiger partial charge is 0.344 e. The highest BCUT2D eigenvalue weighted by molar-refractivity contribution is 5.93. The molecule has 0 radical (unpaired) electrons. The van der Waals surface area contributed by atoms with E-state index in [0.29, 0.717) is 5.92 Å². The number of aromatic nitrogens is 1. The van der Waals surface area contributed by atoms with Crippen LogP contribution in [0.4, 0.5) is 0 Å². The van der Waals surface area contributed by atoms with Gasteiger partial charge in [-0.15, -0.1) is 0 Å². The van der Waals surface area contributed by atoms with Gasteiger partial charge in [-0.2, -0.15) is 0 Å². The standard InChI is InChI=1S/C17H29N3O/c1-4-11-19-12-5-6-16(19)17(21)20(14(2)3)13-15-7-9-18-10-8-15/h5-6,12,14-15,18H,4,7-11,13H2,1-3H3. The molecule has 0 aliphatic carbocycles. The van der Waals surface area contributed by atoms with Crippen molar-refractivity contribution in [3.05, 3.63) is 24.0 Å². The van der Waals surface area contributed by atoms with Gasteiger partial charge in [0, 0.05) is 25.3 Å². The predicted octanol–water partition coefficient (Wildman–Crippen LogP) is 2.75. The average molecular weight is 291 g/mol. The van der Waals surface area contributed by atoms with E-state index >= 15 is 0 Å². The molecule has 1 aromatic heterocycles. The van der Waals surface area contributed by atoms with E-state index in [1.54, 1.807) is 0 Å². The molecule has 0 aromatic carbocycles. The number of nitrogens with one attached hydrogen (secondary N) is 1. The second-order valence-corrected chi connectivity index (χ2v) is 6.33. The number of hydrogen-bond acceptors (Lipinski definition) is 2. The van der Waals surface area contributed by atoms with Gasteiger partial charge in [-0.05, 0) is 64.3 Å². The van der Waals surface area contributed by atoms with Crippen LogP contribution in [0.5, 0.6) is 0 Å². The molecule has 4 heteroatoms. The van der Waals surface area contributed by atoms with Crippen LogP contribution in [0.2, 0.25) is 0 Å². The van der Waals surface area contributed by atoms with Crippen LogP contribution in [0, 0.1) is 5.92 Å². The van der Waals surface area contributed by atoms with E-state index in [0.717, 1.165) is 38.3 Å². The van der Waals surface area contributed by atoms with E-state index in [-0.39, 0.29) is 11.9 Å². The first-order chi connectivity index (χ1) is 10.1. The summed E-state index contributed by atoms with van der Waals surface area (Å²) in [6, 6.07) is 4.18. The maximum Gasteiger partial charge on any atom is 0.270 e. The molecule has 0 spiro atoms. The quantitative estimate of drug-likeness (QED) is 0.875. The summed E-state index contributed by atoms with van der Waals surface area (Å²) in [6.07, 6.45) is 5.41. The lowest BCUT2D eigenvalue weighted by molar-refractivity contribution is 0.0647. The molecule has 1 amide bonds. The van der Waals surface area contributed by atoms with Gasteiger partial charge in [0.2, 0.25) is 0 Å². The predicted molar refractivity (Wildman–Crippen MR) is 86.5 cm³/mol. The Morgan fingerprint density at radius 2 is 2.14 bits per heavy atom. The van der Waals surface area contributed by atoms with Crippen molar-refractivity contribution in [1.29, 1.82) is 0 Å². The van der Waals surface area contributed by atoms with E-state index < -0.39 is 0 Å². The zero-order chi connectivity index (χ0) is 15.2. The minimum Gasteiger partial charge on any atom is -0.344 e. The summed E-state index contributed by atoms with van der Waals surface area (Å²) in [5.74, 6) is 0.814. The van der Waals surface area contributed by atoms with Crippen molar-refractivity contribution in [2.24, 2.45) is 5.92 Å². The molecule has 1 aliphatic heterocycles. The molecule has 1 aliphatic rings. The zero-order valence-corrected chi connectivity index (χ0v) is 13.6. The fraction of sp³-hybridized carbons (Fsp3) is 0.706. The second-order valence-electron chi connectivity index (χ2n) is 6.33. The summed E-state index contributed by atoms with van der Waals surface area (Å²) < 4.78 is 2.08. The highest BCUT2D eigenvalue weighted by Gasteiger charge is 2.25. The maximum atomic E-state index is 12.9. The van der Waals surface area contributed by atoms with Gasteiger partial charge in [-0.3, -0.25) is 4.79 Å². The first kappa shape index (κ1) is 16.1. The van der Waals surface area contributed by atoms with Crippen LogP contribution < -0.4 is 5.32 Å². The van der Waals surface area contributed by atoms with Crippen LogP contribution >= 0.6 is 0 Å². The number of amides is 1. The van der Waals surface area contributed by atoms with Gasteiger partial charge < -0.3 is 14.8 Å². The van der Waals surface area contributed by atoms with Crippen LogP contribution in [0.15, 0.2) is 18.3 Å². The van der Waals surface area contributed by atoms with Gasteiger partial charge in [0.15, 0.2) is 0 Å². The lowest BCUT2D eigenvalue weighted by atomic mass is 9.97. The van der Waals surface area contributed by atoms with Crippen molar-refractivity contribution >= 4 is 5.91 Å². The molecule has 0 atom stereocenters. The Morgan fingerprint density at radius 3 is 2.76 bits per heavy atom. The molecule has 21 heavy (non-hydrogen) atoms.